The van der Waals surface area contributed by atoms with E-state index in [0.717, 1.165) is 12.0 Å². The van der Waals surface area contributed by atoms with Crippen LogP contribution < -0.4 is 5.32 Å². The van der Waals surface area contributed by atoms with Gasteiger partial charge in [0.2, 0.25) is 5.91 Å². The zero-order chi connectivity index (χ0) is 17.7. The molecule has 24 heavy (non-hydrogen) atoms. The van der Waals surface area contributed by atoms with Crippen LogP contribution in [-0.4, -0.2) is 41.6 Å². The number of hydrogen-bond donors (Lipinski definition) is 1. The summed E-state index contributed by atoms with van der Waals surface area (Å²) in [6.07, 6.45) is 1.48. The molecule has 1 fully saturated rings. The van der Waals surface area contributed by atoms with E-state index in [0.29, 0.717) is 31.0 Å². The minimum atomic E-state index is -0.517. The number of nitrogens with zero attached hydrogens (tertiary/aromatic N) is 1. The van der Waals surface area contributed by atoms with Gasteiger partial charge in [0.15, 0.2) is 0 Å². The molecule has 1 aromatic rings. The van der Waals surface area contributed by atoms with Gasteiger partial charge >= 0.3 is 6.09 Å². The second-order valence-electron chi connectivity index (χ2n) is 7.10. The lowest BCUT2D eigenvalue weighted by Gasteiger charge is -2.22. The zero-order valence-electron chi connectivity index (χ0n) is 14.5. The molecule has 1 unspecified atom stereocenters. The number of amides is 2. The minimum Gasteiger partial charge on any atom is -0.444 e. The predicted molar refractivity (Wildman–Crippen MR) is 94.1 cm³/mol. The van der Waals surface area contributed by atoms with Crippen molar-refractivity contribution >= 4 is 23.6 Å². The Balaban J connectivity index is 1.75. The van der Waals surface area contributed by atoms with Crippen LogP contribution in [0.4, 0.5) is 4.79 Å². The maximum atomic E-state index is 12.3. The highest BCUT2D eigenvalue weighted by atomic mass is 35.5. The molecule has 0 aliphatic carbocycles. The predicted octanol–water partition coefficient (Wildman–Crippen LogP) is 3.40. The molecule has 5 nitrogen and oxygen atoms in total. The van der Waals surface area contributed by atoms with E-state index in [1.807, 2.05) is 45.0 Å². The first-order valence-electron chi connectivity index (χ1n) is 8.25. The lowest BCUT2D eigenvalue weighted by atomic mass is 10.1. The van der Waals surface area contributed by atoms with Crippen molar-refractivity contribution in [1.29, 1.82) is 0 Å². The summed E-state index contributed by atoms with van der Waals surface area (Å²) in [5, 5.41) is 3.53. The maximum absolute atomic E-state index is 12.3. The van der Waals surface area contributed by atoms with Gasteiger partial charge < -0.3 is 15.0 Å². The van der Waals surface area contributed by atoms with Crippen molar-refractivity contribution in [2.24, 2.45) is 0 Å². The van der Waals surface area contributed by atoms with Crippen molar-refractivity contribution in [1.82, 2.24) is 10.2 Å². The summed E-state index contributed by atoms with van der Waals surface area (Å²) in [5.74, 6) is 0.110. The number of carbonyl (C=O) groups excluding carboxylic acids is 2. The molecule has 132 valence electrons. The number of carbonyl (C=O) groups is 2. The monoisotopic (exact) mass is 352 g/mol. The molecule has 1 aromatic carbocycles. The van der Waals surface area contributed by atoms with Gasteiger partial charge in [0.1, 0.15) is 5.60 Å². The molecule has 1 aliphatic heterocycles. The van der Waals surface area contributed by atoms with E-state index in [1.165, 1.54) is 0 Å². The van der Waals surface area contributed by atoms with E-state index in [2.05, 4.69) is 5.32 Å². The fourth-order valence-corrected chi connectivity index (χ4v) is 2.77. The lowest BCUT2D eigenvalue weighted by molar-refractivity contribution is -0.130. The Morgan fingerprint density at radius 1 is 1.29 bits per heavy atom. The number of rotatable bonds is 4. The van der Waals surface area contributed by atoms with Crippen LogP contribution >= 0.6 is 11.6 Å². The molecule has 1 N–H and O–H groups in total. The highest BCUT2D eigenvalue weighted by Gasteiger charge is 2.28. The Labute approximate surface area is 148 Å². The lowest BCUT2D eigenvalue weighted by Crippen LogP contribution is -2.41. The van der Waals surface area contributed by atoms with Crippen LogP contribution in [0.3, 0.4) is 0 Å². The van der Waals surface area contributed by atoms with Gasteiger partial charge in [0.05, 0.1) is 6.04 Å². The van der Waals surface area contributed by atoms with Crippen molar-refractivity contribution in [3.63, 3.8) is 0 Å². The second kappa shape index (κ2) is 7.88. The summed E-state index contributed by atoms with van der Waals surface area (Å²) in [6, 6.07) is 7.49. The summed E-state index contributed by atoms with van der Waals surface area (Å²) in [4.78, 5) is 25.9. The number of benzene rings is 1. The number of hydrogen-bond acceptors (Lipinski definition) is 3. The van der Waals surface area contributed by atoms with Gasteiger partial charge in [-0.3, -0.25) is 4.79 Å². The smallest absolute Gasteiger partial charge is 0.407 e. The molecule has 6 heteroatoms. The maximum Gasteiger partial charge on any atom is 0.407 e. The first kappa shape index (κ1) is 18.6. The van der Waals surface area contributed by atoms with Gasteiger partial charge in [0.25, 0.3) is 0 Å². The number of halogens is 1. The number of ether oxygens (including phenoxy) is 1. The molecule has 1 aliphatic rings. The van der Waals surface area contributed by atoms with Gasteiger partial charge in [-0.2, -0.15) is 0 Å². The SMILES string of the molecule is CC(C)(C)OC(=O)NC1CCN(C(=O)CCc2ccc(Cl)cc2)C1. The summed E-state index contributed by atoms with van der Waals surface area (Å²) >= 11 is 5.86. The largest absolute Gasteiger partial charge is 0.444 e. The van der Waals surface area contributed by atoms with Crippen LogP contribution in [0.15, 0.2) is 24.3 Å². The van der Waals surface area contributed by atoms with E-state index >= 15 is 0 Å². The number of alkyl carbamates (subject to hydrolysis) is 1. The standard InChI is InChI=1S/C18H25ClN2O3/c1-18(2,3)24-17(23)20-15-10-11-21(12-15)16(22)9-6-13-4-7-14(19)8-5-13/h4-5,7-8,15H,6,9-12H2,1-3H3,(H,20,23). The third-order valence-corrected chi connectivity index (χ3v) is 4.05. The molecule has 0 saturated carbocycles. The first-order valence-corrected chi connectivity index (χ1v) is 8.62. The van der Waals surface area contributed by atoms with E-state index < -0.39 is 11.7 Å². The Morgan fingerprint density at radius 2 is 1.96 bits per heavy atom. The van der Waals surface area contributed by atoms with Gasteiger partial charge in [-0.05, 0) is 51.3 Å². The Morgan fingerprint density at radius 3 is 2.58 bits per heavy atom. The Hall–Kier alpha value is -1.75. The number of aryl methyl sites for hydroxylation is 1. The van der Waals surface area contributed by atoms with Gasteiger partial charge in [-0.25, -0.2) is 4.79 Å². The van der Waals surface area contributed by atoms with E-state index in [-0.39, 0.29) is 11.9 Å². The molecular formula is C18H25ClN2O3. The molecule has 1 saturated heterocycles. The summed E-state index contributed by atoms with van der Waals surface area (Å²) in [5.41, 5.74) is 0.576. The van der Waals surface area contributed by atoms with Gasteiger partial charge in [-0.1, -0.05) is 23.7 Å². The van der Waals surface area contributed by atoms with Crippen LogP contribution in [0, 0.1) is 0 Å². The molecule has 0 radical (unpaired) electrons. The van der Waals surface area contributed by atoms with Gasteiger partial charge in [0, 0.05) is 24.5 Å². The van der Waals surface area contributed by atoms with E-state index in [1.54, 1.807) is 4.90 Å². The van der Waals surface area contributed by atoms with Crippen LogP contribution in [0.25, 0.3) is 0 Å². The van der Waals surface area contributed by atoms with Crippen LogP contribution in [0.1, 0.15) is 39.2 Å². The highest BCUT2D eigenvalue weighted by molar-refractivity contribution is 6.30. The topological polar surface area (TPSA) is 58.6 Å². The fraction of sp³-hybridized carbons (Fsp3) is 0.556. The van der Waals surface area contributed by atoms with E-state index in [9.17, 15) is 9.59 Å². The molecular weight excluding hydrogens is 328 g/mol. The minimum absolute atomic E-state index is 0.0423. The molecule has 2 amide bonds. The van der Waals surface area contributed by atoms with Crippen molar-refractivity contribution in [3.05, 3.63) is 34.9 Å². The van der Waals surface area contributed by atoms with Crippen molar-refractivity contribution in [2.45, 2.75) is 51.7 Å². The van der Waals surface area contributed by atoms with Crippen molar-refractivity contribution in [3.8, 4) is 0 Å². The average molecular weight is 353 g/mol. The van der Waals surface area contributed by atoms with Crippen molar-refractivity contribution < 1.29 is 14.3 Å². The molecule has 1 heterocycles. The van der Waals surface area contributed by atoms with Crippen LogP contribution in [0.2, 0.25) is 5.02 Å². The van der Waals surface area contributed by atoms with Crippen LogP contribution in [0.5, 0.6) is 0 Å². The van der Waals surface area contributed by atoms with E-state index in [4.69, 9.17) is 16.3 Å². The molecule has 2 rings (SSSR count). The number of likely N-dealkylation sites (tertiary alicyclic amines) is 1. The zero-order valence-corrected chi connectivity index (χ0v) is 15.2. The van der Waals surface area contributed by atoms with Gasteiger partial charge in [-0.15, -0.1) is 0 Å². The highest BCUT2D eigenvalue weighted by Crippen LogP contribution is 2.15. The summed E-state index contributed by atoms with van der Waals surface area (Å²) in [7, 11) is 0. The Kier molecular flexibility index (Phi) is 6.10. The molecule has 0 aromatic heterocycles. The third kappa shape index (κ3) is 6.04. The Bertz CT molecular complexity index is 581. The second-order valence-corrected chi connectivity index (χ2v) is 7.53. The average Bonchev–Trinajstić information content (AvgIpc) is 2.92. The molecule has 0 spiro atoms. The fourth-order valence-electron chi connectivity index (χ4n) is 2.64. The summed E-state index contributed by atoms with van der Waals surface area (Å²) < 4.78 is 5.25. The quantitative estimate of drug-likeness (QED) is 0.903. The third-order valence-electron chi connectivity index (χ3n) is 3.80. The first-order chi connectivity index (χ1) is 11.2. The molecule has 1 atom stereocenters. The molecule has 0 bridgehead atoms. The van der Waals surface area contributed by atoms with Crippen molar-refractivity contribution in [2.75, 3.05) is 13.1 Å². The summed E-state index contributed by atoms with van der Waals surface area (Å²) in [6.45, 7) is 6.69. The van der Waals surface area contributed by atoms with Crippen LogP contribution in [-0.2, 0) is 16.0 Å². The number of nitrogens with one attached hydrogen (secondary N) is 1. The normalized spacial score (nSPS) is 17.7.